The van der Waals surface area contributed by atoms with E-state index in [1.807, 2.05) is 12.3 Å². The Hall–Kier alpha value is -1.72. The number of fused-ring (bicyclic) bond motifs is 2. The fourth-order valence-corrected chi connectivity index (χ4v) is 4.90. The Bertz CT molecular complexity index is 857. The van der Waals surface area contributed by atoms with Crippen LogP contribution in [-0.2, 0) is 5.54 Å². The molecule has 2 N–H and O–H groups in total. The normalized spacial score (nSPS) is 24.2. The molecule has 2 aromatic rings. The Morgan fingerprint density at radius 2 is 2.19 bits per heavy atom. The number of rotatable bonds is 4. The van der Waals surface area contributed by atoms with Crippen LogP contribution in [0, 0.1) is 0 Å². The number of pyridine rings is 1. The van der Waals surface area contributed by atoms with Crippen molar-refractivity contribution in [2.45, 2.75) is 44.2 Å². The Morgan fingerprint density at radius 1 is 1.31 bits per heavy atom. The Labute approximate surface area is 163 Å². The summed E-state index contributed by atoms with van der Waals surface area (Å²) in [6, 6.07) is 8.22. The number of nitrogens with zero attached hydrogens (tertiary/aromatic N) is 2. The molecule has 0 saturated carbocycles. The van der Waals surface area contributed by atoms with E-state index in [1.54, 1.807) is 18.0 Å². The van der Waals surface area contributed by atoms with Crippen LogP contribution >= 0.6 is 23.4 Å². The number of nitrogens with two attached hydrogens (primary N) is 1. The van der Waals surface area contributed by atoms with Gasteiger partial charge in [-0.1, -0.05) is 49.2 Å². The molecule has 1 aromatic heterocycles. The number of hydrogen-bond acceptors (Lipinski definition) is 5. The van der Waals surface area contributed by atoms with Crippen molar-refractivity contribution in [3.05, 3.63) is 47.2 Å². The van der Waals surface area contributed by atoms with E-state index in [0.29, 0.717) is 10.2 Å². The first-order valence-corrected chi connectivity index (χ1v) is 10.4. The van der Waals surface area contributed by atoms with Gasteiger partial charge in [-0.3, -0.25) is 9.98 Å². The fraction of sp³-hybridized carbons (Fsp3) is 0.400. The van der Waals surface area contributed by atoms with Crippen molar-refractivity contribution >= 4 is 28.5 Å². The van der Waals surface area contributed by atoms with E-state index in [-0.39, 0.29) is 11.6 Å². The highest BCUT2D eigenvalue weighted by molar-refractivity contribution is 8.14. The number of halogens is 1. The van der Waals surface area contributed by atoms with Crippen molar-refractivity contribution in [3.63, 3.8) is 0 Å². The van der Waals surface area contributed by atoms with Gasteiger partial charge in [-0.2, -0.15) is 0 Å². The van der Waals surface area contributed by atoms with Gasteiger partial charge in [0.1, 0.15) is 17.4 Å². The summed E-state index contributed by atoms with van der Waals surface area (Å²) >= 11 is 7.75. The van der Waals surface area contributed by atoms with Crippen molar-refractivity contribution in [2.75, 3.05) is 5.75 Å². The van der Waals surface area contributed by atoms with E-state index in [4.69, 9.17) is 27.1 Å². The van der Waals surface area contributed by atoms with Crippen LogP contribution in [0.25, 0.3) is 11.1 Å². The van der Waals surface area contributed by atoms with Gasteiger partial charge >= 0.3 is 0 Å². The van der Waals surface area contributed by atoms with Crippen LogP contribution in [0.4, 0.5) is 0 Å². The second kappa shape index (κ2) is 7.12. The van der Waals surface area contributed by atoms with Crippen LogP contribution in [0.2, 0.25) is 5.02 Å². The third-order valence-electron chi connectivity index (χ3n) is 5.04. The van der Waals surface area contributed by atoms with E-state index < -0.39 is 0 Å². The molecular formula is C20H22ClN3OS. The molecule has 0 bridgehead atoms. The average molecular weight is 388 g/mol. The topological polar surface area (TPSA) is 60.5 Å². The number of amidine groups is 1. The van der Waals surface area contributed by atoms with Gasteiger partial charge in [0.15, 0.2) is 5.17 Å². The Kier molecular flexibility index (Phi) is 4.84. The van der Waals surface area contributed by atoms with Gasteiger partial charge in [-0.15, -0.1) is 0 Å². The molecule has 2 aliphatic rings. The number of aliphatic imine (C=N–C) groups is 1. The first-order chi connectivity index (χ1) is 12.6. The molecule has 4 nitrogen and oxygen atoms in total. The lowest BCUT2D eigenvalue weighted by Gasteiger charge is -2.38. The Morgan fingerprint density at radius 3 is 2.92 bits per heavy atom. The van der Waals surface area contributed by atoms with Crippen LogP contribution in [0.1, 0.15) is 38.2 Å². The third-order valence-corrected chi connectivity index (χ3v) is 6.26. The van der Waals surface area contributed by atoms with Crippen molar-refractivity contribution < 1.29 is 4.74 Å². The molecule has 0 saturated heterocycles. The molecule has 0 aliphatic carbocycles. The van der Waals surface area contributed by atoms with Gasteiger partial charge in [0, 0.05) is 35.7 Å². The zero-order valence-electron chi connectivity index (χ0n) is 14.7. The smallest absolute Gasteiger partial charge is 0.154 e. The van der Waals surface area contributed by atoms with Gasteiger partial charge in [0.25, 0.3) is 0 Å². The second-order valence-electron chi connectivity index (χ2n) is 6.96. The molecule has 1 aromatic carbocycles. The number of hydrogen-bond donors (Lipinski definition) is 1. The summed E-state index contributed by atoms with van der Waals surface area (Å²) in [5.41, 5.74) is 8.95. The van der Waals surface area contributed by atoms with Gasteiger partial charge in [0.2, 0.25) is 0 Å². The standard InChI is InChI=1S/C20H22ClN3OS/c1-2-3-4-16-9-20(12-26-19(22)24-20)17-8-13(5-6-18(17)25-16)14-7-15(21)11-23-10-14/h5-8,10-11,16H,2-4,9,12H2,1H3,(H2,22,24)/t16-,20?/m0/s1. The van der Waals surface area contributed by atoms with Crippen LogP contribution in [0.5, 0.6) is 5.75 Å². The molecule has 1 unspecified atom stereocenters. The number of unbranched alkanes of at least 4 members (excludes halogenated alkanes) is 1. The molecule has 3 heterocycles. The lowest BCUT2D eigenvalue weighted by molar-refractivity contribution is 0.123. The summed E-state index contributed by atoms with van der Waals surface area (Å²) in [4.78, 5) is 9.07. The predicted octanol–water partition coefficient (Wildman–Crippen LogP) is 5.00. The molecule has 1 spiro atoms. The maximum absolute atomic E-state index is 6.31. The van der Waals surface area contributed by atoms with E-state index in [1.165, 1.54) is 6.42 Å². The number of thioether (sulfide) groups is 1. The summed E-state index contributed by atoms with van der Waals surface area (Å²) in [5, 5.41) is 1.30. The number of aromatic nitrogens is 1. The number of ether oxygens (including phenoxy) is 1. The highest BCUT2D eigenvalue weighted by Crippen LogP contribution is 2.49. The zero-order chi connectivity index (χ0) is 18.1. The quantitative estimate of drug-likeness (QED) is 0.801. The van der Waals surface area contributed by atoms with Gasteiger partial charge in [0.05, 0.1) is 5.02 Å². The Balaban J connectivity index is 1.76. The maximum atomic E-state index is 6.31. The van der Waals surface area contributed by atoms with E-state index in [0.717, 1.165) is 47.5 Å². The summed E-state index contributed by atoms with van der Waals surface area (Å²) in [6.07, 6.45) is 7.93. The number of benzene rings is 1. The van der Waals surface area contributed by atoms with Crippen LogP contribution in [0.15, 0.2) is 41.7 Å². The molecule has 0 fully saturated rings. The van der Waals surface area contributed by atoms with Crippen molar-refractivity contribution in [3.8, 4) is 16.9 Å². The summed E-state index contributed by atoms with van der Waals surface area (Å²) in [6.45, 7) is 2.21. The van der Waals surface area contributed by atoms with Crippen LogP contribution in [-0.4, -0.2) is 22.0 Å². The second-order valence-corrected chi connectivity index (χ2v) is 8.39. The fourth-order valence-electron chi connectivity index (χ4n) is 3.76. The largest absolute Gasteiger partial charge is 0.490 e. The average Bonchev–Trinajstić information content (AvgIpc) is 3.01. The summed E-state index contributed by atoms with van der Waals surface area (Å²) in [7, 11) is 0. The lowest BCUT2D eigenvalue weighted by atomic mass is 9.81. The van der Waals surface area contributed by atoms with E-state index in [9.17, 15) is 0 Å². The van der Waals surface area contributed by atoms with E-state index >= 15 is 0 Å². The third kappa shape index (κ3) is 3.30. The SMILES string of the molecule is CCCC[C@H]1CC2(CSC(N)=N2)c2cc(-c3cncc(Cl)c3)ccc2O1. The van der Waals surface area contributed by atoms with Crippen molar-refractivity contribution in [2.24, 2.45) is 10.7 Å². The first kappa shape index (κ1) is 17.7. The molecule has 2 aliphatic heterocycles. The van der Waals surface area contributed by atoms with E-state index in [2.05, 4.69) is 30.1 Å². The molecule has 6 heteroatoms. The molecular weight excluding hydrogens is 366 g/mol. The van der Waals surface area contributed by atoms with Crippen LogP contribution < -0.4 is 10.5 Å². The molecule has 4 rings (SSSR count). The summed E-state index contributed by atoms with van der Waals surface area (Å²) < 4.78 is 6.31. The van der Waals surface area contributed by atoms with Gasteiger partial charge in [-0.25, -0.2) is 0 Å². The molecule has 0 amide bonds. The molecule has 136 valence electrons. The minimum Gasteiger partial charge on any atom is -0.490 e. The highest BCUT2D eigenvalue weighted by Gasteiger charge is 2.44. The predicted molar refractivity (Wildman–Crippen MR) is 109 cm³/mol. The van der Waals surface area contributed by atoms with Crippen molar-refractivity contribution in [1.29, 1.82) is 0 Å². The molecule has 2 atom stereocenters. The highest BCUT2D eigenvalue weighted by atomic mass is 35.5. The zero-order valence-corrected chi connectivity index (χ0v) is 16.3. The minimum atomic E-state index is -0.289. The molecule has 0 radical (unpaired) electrons. The maximum Gasteiger partial charge on any atom is 0.154 e. The van der Waals surface area contributed by atoms with Gasteiger partial charge < -0.3 is 10.5 Å². The first-order valence-electron chi connectivity index (χ1n) is 9.00. The monoisotopic (exact) mass is 387 g/mol. The van der Waals surface area contributed by atoms with Crippen LogP contribution in [0.3, 0.4) is 0 Å². The minimum absolute atomic E-state index is 0.191. The van der Waals surface area contributed by atoms with Gasteiger partial charge in [-0.05, 0) is 30.2 Å². The van der Waals surface area contributed by atoms with Crippen molar-refractivity contribution in [1.82, 2.24) is 4.98 Å². The lowest BCUT2D eigenvalue weighted by Crippen LogP contribution is -2.38. The molecule has 26 heavy (non-hydrogen) atoms. The summed E-state index contributed by atoms with van der Waals surface area (Å²) in [5.74, 6) is 1.80.